The topological polar surface area (TPSA) is 78.9 Å². The van der Waals surface area contributed by atoms with Crippen molar-refractivity contribution in [3.05, 3.63) is 134 Å². The molecule has 0 saturated carbocycles. The summed E-state index contributed by atoms with van der Waals surface area (Å²) in [7, 11) is 0. The minimum atomic E-state index is -0.812. The number of hydrogen-bond acceptors (Lipinski definition) is 6. The maximum Gasteiger partial charge on any atom is 0.306 e. The Morgan fingerprint density at radius 3 is 0.831 bits per heavy atom. The quantitative estimate of drug-likeness (QED) is 0.0261. The molecule has 0 bridgehead atoms. The van der Waals surface area contributed by atoms with Crippen molar-refractivity contribution in [3.63, 3.8) is 0 Å². The highest BCUT2D eigenvalue weighted by molar-refractivity contribution is 5.71. The lowest BCUT2D eigenvalue weighted by Crippen LogP contribution is -2.30. The molecule has 472 valence electrons. The highest BCUT2D eigenvalue weighted by Gasteiger charge is 2.19. The third-order valence-electron chi connectivity index (χ3n) is 14.6. The summed E-state index contributed by atoms with van der Waals surface area (Å²) in [5.74, 6) is -0.971. The zero-order valence-electron chi connectivity index (χ0n) is 54.2. The predicted octanol–water partition coefficient (Wildman–Crippen LogP) is 24.1. The molecule has 83 heavy (non-hydrogen) atoms. The van der Waals surface area contributed by atoms with E-state index in [1.54, 1.807) is 0 Å². The van der Waals surface area contributed by atoms with Gasteiger partial charge >= 0.3 is 17.9 Å². The molecule has 6 nitrogen and oxygen atoms in total. The van der Waals surface area contributed by atoms with Gasteiger partial charge in [-0.2, -0.15) is 0 Å². The van der Waals surface area contributed by atoms with E-state index in [1.165, 1.54) is 135 Å². The normalized spacial score (nSPS) is 13.0. The van der Waals surface area contributed by atoms with E-state index >= 15 is 0 Å². The first kappa shape index (κ1) is 78.5. The molecule has 6 heteroatoms. The Balaban J connectivity index is 4.41. The predicted molar refractivity (Wildman–Crippen MR) is 362 cm³/mol. The van der Waals surface area contributed by atoms with Crippen LogP contribution in [0.3, 0.4) is 0 Å². The van der Waals surface area contributed by atoms with E-state index in [0.717, 1.165) is 135 Å². The van der Waals surface area contributed by atoms with Crippen LogP contribution in [0.5, 0.6) is 0 Å². The fourth-order valence-corrected chi connectivity index (χ4v) is 9.48. The molecule has 0 amide bonds. The number of ether oxygens (including phenoxy) is 3. The summed E-state index contributed by atoms with van der Waals surface area (Å²) >= 11 is 0. The van der Waals surface area contributed by atoms with Crippen LogP contribution in [0.4, 0.5) is 0 Å². The van der Waals surface area contributed by atoms with Gasteiger partial charge in [-0.1, -0.05) is 321 Å². The van der Waals surface area contributed by atoms with Gasteiger partial charge in [0, 0.05) is 19.3 Å². The number of unbranched alkanes of at least 4 members (excludes halogenated alkanes) is 29. The third-order valence-corrected chi connectivity index (χ3v) is 14.6. The molecule has 0 spiro atoms. The number of esters is 3. The smallest absolute Gasteiger partial charge is 0.306 e. The van der Waals surface area contributed by atoms with Crippen LogP contribution in [0.1, 0.15) is 316 Å². The summed E-state index contributed by atoms with van der Waals surface area (Å²) in [4.78, 5) is 38.4. The summed E-state index contributed by atoms with van der Waals surface area (Å²) in [6.07, 6.45) is 99.1. The maximum atomic E-state index is 12.9. The number of carbonyl (C=O) groups excluding carboxylic acids is 3. The second-order valence-corrected chi connectivity index (χ2v) is 22.7. The number of rotatable bonds is 62. The van der Waals surface area contributed by atoms with Gasteiger partial charge in [0.05, 0.1) is 0 Å². The average Bonchev–Trinajstić information content (AvgIpc) is 3.49. The molecule has 0 saturated heterocycles. The van der Waals surface area contributed by atoms with Crippen LogP contribution in [-0.4, -0.2) is 37.2 Å². The van der Waals surface area contributed by atoms with Crippen LogP contribution in [0, 0.1) is 0 Å². The summed E-state index contributed by atoms with van der Waals surface area (Å²) in [5, 5.41) is 0. The Morgan fingerprint density at radius 2 is 0.506 bits per heavy atom. The van der Waals surface area contributed by atoms with Crippen LogP contribution in [0.25, 0.3) is 0 Å². The minimum absolute atomic E-state index is 0.104. The molecule has 0 aromatic carbocycles. The Morgan fingerprint density at radius 1 is 0.253 bits per heavy atom. The van der Waals surface area contributed by atoms with Gasteiger partial charge in [-0.15, -0.1) is 0 Å². The molecule has 0 fully saturated rings. The Hall–Kier alpha value is -4.45. The second-order valence-electron chi connectivity index (χ2n) is 22.7. The summed E-state index contributed by atoms with van der Waals surface area (Å²) < 4.78 is 16.9. The molecule has 1 unspecified atom stereocenters. The van der Waals surface area contributed by atoms with Gasteiger partial charge in [0.2, 0.25) is 0 Å². The summed E-state index contributed by atoms with van der Waals surface area (Å²) in [6.45, 7) is 6.43. The van der Waals surface area contributed by atoms with Gasteiger partial charge in [-0.3, -0.25) is 14.4 Å². The van der Waals surface area contributed by atoms with Crippen LogP contribution in [0.2, 0.25) is 0 Å². The zero-order chi connectivity index (χ0) is 59.9. The van der Waals surface area contributed by atoms with Gasteiger partial charge in [0.15, 0.2) is 6.10 Å². The largest absolute Gasteiger partial charge is 0.462 e. The standard InChI is InChI=1S/C77H128O6/c1-4-7-10-13-16-19-22-25-27-29-31-33-35-36-37-38-39-40-42-43-45-47-49-52-55-58-61-64-67-70-76(79)82-73-74(72-81-75(78)69-66-63-60-57-54-51-24-21-18-15-12-9-6-3)83-77(80)71-68-65-62-59-56-53-50-48-46-44-41-34-32-30-28-26-23-20-17-14-11-8-5-2/h7,10,12,15-16,19,21,24-25,27,31,33,36-37,39-40,43,45,49,52,58,61,74H,4-6,8-9,11,13-14,17-18,20,22-23,26,28-30,32,34-35,38,41-42,44,46-48,50-51,53-57,59-60,62-73H2,1-3H3/b10-7-,15-12-,19-16-,24-21-,27-25-,33-31-,37-36-,40-39-,45-43-,52-49-,61-58-. The van der Waals surface area contributed by atoms with Crippen molar-refractivity contribution in [2.24, 2.45) is 0 Å². The lowest BCUT2D eigenvalue weighted by Gasteiger charge is -2.18. The Labute approximate surface area is 513 Å². The van der Waals surface area contributed by atoms with Crippen LogP contribution >= 0.6 is 0 Å². The first-order valence-electron chi connectivity index (χ1n) is 34.7. The number of carbonyl (C=O) groups is 3. The first-order valence-corrected chi connectivity index (χ1v) is 34.7. The summed E-state index contributed by atoms with van der Waals surface area (Å²) in [5.41, 5.74) is 0. The van der Waals surface area contributed by atoms with E-state index in [4.69, 9.17) is 14.2 Å². The molecule has 0 aromatic heterocycles. The average molecular weight is 1150 g/mol. The van der Waals surface area contributed by atoms with Gasteiger partial charge < -0.3 is 14.2 Å². The van der Waals surface area contributed by atoms with Crippen molar-refractivity contribution in [1.82, 2.24) is 0 Å². The van der Waals surface area contributed by atoms with Crippen LogP contribution < -0.4 is 0 Å². The van der Waals surface area contributed by atoms with Crippen LogP contribution in [0.15, 0.2) is 134 Å². The number of allylic oxidation sites excluding steroid dienone is 22. The van der Waals surface area contributed by atoms with E-state index in [0.29, 0.717) is 19.3 Å². The number of hydrogen-bond donors (Lipinski definition) is 0. The van der Waals surface area contributed by atoms with Gasteiger partial charge in [-0.05, 0) is 109 Å². The monoisotopic (exact) mass is 1150 g/mol. The highest BCUT2D eigenvalue weighted by Crippen LogP contribution is 2.17. The molecule has 0 aliphatic carbocycles. The molecule has 0 rings (SSSR count). The van der Waals surface area contributed by atoms with E-state index < -0.39 is 6.10 Å². The summed E-state index contributed by atoms with van der Waals surface area (Å²) in [6, 6.07) is 0. The molecule has 0 aliphatic rings. The van der Waals surface area contributed by atoms with Gasteiger partial charge in [0.25, 0.3) is 0 Å². The highest BCUT2D eigenvalue weighted by atomic mass is 16.6. The molecule has 0 N–H and O–H groups in total. The third kappa shape index (κ3) is 68.2. The van der Waals surface area contributed by atoms with Crippen molar-refractivity contribution >= 4 is 17.9 Å². The molecule has 0 aliphatic heterocycles. The fraction of sp³-hybridized carbons (Fsp3) is 0.675. The molecular formula is C77H128O6. The molecule has 0 heterocycles. The molecular weight excluding hydrogens is 1020 g/mol. The maximum absolute atomic E-state index is 12.9. The van der Waals surface area contributed by atoms with E-state index in [2.05, 4.69) is 154 Å². The molecule has 0 radical (unpaired) electrons. The Kier molecular flexibility index (Phi) is 66.3. The van der Waals surface area contributed by atoms with Crippen molar-refractivity contribution in [2.45, 2.75) is 322 Å². The van der Waals surface area contributed by atoms with Crippen molar-refractivity contribution < 1.29 is 28.6 Å². The second kappa shape index (κ2) is 70.0. The van der Waals surface area contributed by atoms with E-state index in [1.807, 2.05) is 0 Å². The zero-order valence-corrected chi connectivity index (χ0v) is 54.2. The van der Waals surface area contributed by atoms with Gasteiger partial charge in [-0.25, -0.2) is 0 Å². The lowest BCUT2D eigenvalue weighted by atomic mass is 10.0. The van der Waals surface area contributed by atoms with Crippen molar-refractivity contribution in [1.29, 1.82) is 0 Å². The first-order chi connectivity index (χ1) is 41.0. The molecule has 0 aromatic rings. The Bertz CT molecular complexity index is 1750. The molecule has 1 atom stereocenters. The lowest BCUT2D eigenvalue weighted by molar-refractivity contribution is -0.167. The fourth-order valence-electron chi connectivity index (χ4n) is 9.48. The van der Waals surface area contributed by atoms with Crippen molar-refractivity contribution in [2.75, 3.05) is 13.2 Å². The van der Waals surface area contributed by atoms with E-state index in [9.17, 15) is 14.4 Å². The van der Waals surface area contributed by atoms with Gasteiger partial charge in [0.1, 0.15) is 13.2 Å². The SMILES string of the molecule is CC/C=C\C/C=C\C/C=C\C/C=C\C/C=C\C/C=C\C/C=C\C/C=C\C/C=C\CCCC(=O)OCC(COC(=O)CCCCCCC/C=C\C/C=C\CCC)OC(=O)CCCCCCCCCCCCCCCCCCCCCCCCC. The van der Waals surface area contributed by atoms with Crippen LogP contribution in [-0.2, 0) is 28.6 Å². The van der Waals surface area contributed by atoms with E-state index in [-0.39, 0.29) is 37.5 Å². The van der Waals surface area contributed by atoms with Crippen molar-refractivity contribution in [3.8, 4) is 0 Å². The minimum Gasteiger partial charge on any atom is -0.462 e.